The molecule has 40 heavy (non-hydrogen) atoms. The zero-order valence-electron chi connectivity index (χ0n) is 27.4. The molecule has 0 N–H and O–H groups in total. The van der Waals surface area contributed by atoms with Crippen molar-refractivity contribution in [3.8, 4) is 0 Å². The normalized spacial score (nSPS) is 30.0. The van der Waals surface area contributed by atoms with Crippen molar-refractivity contribution >= 4 is 11.9 Å². The second-order valence-electron chi connectivity index (χ2n) is 13.2. The predicted molar refractivity (Wildman–Crippen MR) is 172 cm³/mol. The molecule has 0 unspecified atom stereocenters. The van der Waals surface area contributed by atoms with E-state index in [1.165, 1.54) is 55.5 Å². The molecule has 0 spiro atoms. The Kier molecular flexibility index (Phi) is 15.3. The number of para-hydroxylation sites is 1. The van der Waals surface area contributed by atoms with Crippen molar-refractivity contribution in [3.63, 3.8) is 0 Å². The third-order valence-electron chi connectivity index (χ3n) is 10.9. The van der Waals surface area contributed by atoms with Crippen molar-refractivity contribution in [1.29, 1.82) is 0 Å². The average Bonchev–Trinajstić information content (AvgIpc) is 3.55. The SMILES string of the molecule is CC1(C)C(=CC=[N+]2CCOCC2)N(CCCC2CCCC2)c2ccccc21.CC1C(C)C(C)C(C)C1C.[CH3-].[CH3-].[Fe+2]. The van der Waals surface area contributed by atoms with Gasteiger partial charge in [0, 0.05) is 29.4 Å². The summed E-state index contributed by atoms with van der Waals surface area (Å²) in [6.45, 7) is 21.6. The molecule has 3 fully saturated rings. The third-order valence-corrected chi connectivity index (χ3v) is 10.9. The Morgan fingerprint density at radius 2 is 1.40 bits per heavy atom. The standard InChI is InChI=1S/C24H35N2O.C10H20.2CH3.Fe/c1-24(2)21-11-5-6-12-22(21)26(14-7-10-20-8-3-4-9-20)23(24)13-15-25-16-18-27-19-17-25;1-6-7(2)9(4)10(5)8(6)3;;;/h5-6,11-13,15,20H,3-4,7-10,14,16-19H2,1-2H3;6-10H,1-5H3;2*1H3;/q+1;;2*-1;+2. The minimum absolute atomic E-state index is 0. The van der Waals surface area contributed by atoms with Gasteiger partial charge in [-0.05, 0) is 60.0 Å². The van der Waals surface area contributed by atoms with Crippen molar-refractivity contribution in [2.75, 3.05) is 37.7 Å². The van der Waals surface area contributed by atoms with Gasteiger partial charge in [-0.3, -0.25) is 0 Å². The zero-order valence-corrected chi connectivity index (χ0v) is 28.5. The molecule has 0 radical (unpaired) electrons. The molecule has 4 heteroatoms. The molecule has 2 aliphatic carbocycles. The van der Waals surface area contributed by atoms with Crippen molar-refractivity contribution in [1.82, 2.24) is 0 Å². The second kappa shape index (κ2) is 16.5. The minimum atomic E-state index is 0. The molecule has 2 saturated carbocycles. The van der Waals surface area contributed by atoms with Gasteiger partial charge in [-0.25, -0.2) is 4.58 Å². The van der Waals surface area contributed by atoms with Crippen molar-refractivity contribution in [2.24, 2.45) is 35.5 Å². The maximum atomic E-state index is 5.49. The van der Waals surface area contributed by atoms with Crippen LogP contribution in [0.2, 0.25) is 0 Å². The zero-order chi connectivity index (χ0) is 26.6. The summed E-state index contributed by atoms with van der Waals surface area (Å²) in [7, 11) is 0. The topological polar surface area (TPSA) is 15.5 Å². The summed E-state index contributed by atoms with van der Waals surface area (Å²) in [6, 6.07) is 9.00. The Balaban J connectivity index is 0.000000528. The van der Waals surface area contributed by atoms with Crippen molar-refractivity contribution in [3.05, 3.63) is 56.5 Å². The van der Waals surface area contributed by atoms with Crippen LogP contribution < -0.4 is 4.90 Å². The fourth-order valence-electron chi connectivity index (χ4n) is 7.52. The Morgan fingerprint density at radius 3 is 1.95 bits per heavy atom. The van der Waals surface area contributed by atoms with Crippen LogP contribution in [0.25, 0.3) is 0 Å². The number of hydrogen-bond donors (Lipinski definition) is 0. The van der Waals surface area contributed by atoms with Gasteiger partial charge in [0.05, 0.1) is 0 Å². The molecule has 2 aliphatic heterocycles. The molecular formula is C36H61FeN2O+. The summed E-state index contributed by atoms with van der Waals surface area (Å²) in [5.41, 5.74) is 4.39. The molecule has 1 saturated heterocycles. The van der Waals surface area contributed by atoms with Gasteiger partial charge in [0.1, 0.15) is 13.2 Å². The van der Waals surface area contributed by atoms with Crippen molar-refractivity contribution in [2.45, 2.75) is 92.4 Å². The maximum Gasteiger partial charge on any atom is 2.00 e. The van der Waals surface area contributed by atoms with E-state index in [9.17, 15) is 0 Å². The largest absolute Gasteiger partial charge is 2.00 e. The predicted octanol–water partition coefficient (Wildman–Crippen LogP) is 8.83. The Bertz CT molecular complexity index is 895. The van der Waals surface area contributed by atoms with Crippen LogP contribution in [0.5, 0.6) is 0 Å². The van der Waals surface area contributed by atoms with Crippen LogP contribution in [0.1, 0.15) is 92.6 Å². The van der Waals surface area contributed by atoms with Crippen LogP contribution in [0.15, 0.2) is 36.0 Å². The molecule has 0 amide bonds. The van der Waals surface area contributed by atoms with Gasteiger partial charge in [-0.2, -0.15) is 0 Å². The fourth-order valence-corrected chi connectivity index (χ4v) is 7.52. The fraction of sp³-hybridized carbons (Fsp3) is 0.694. The Morgan fingerprint density at radius 1 is 0.875 bits per heavy atom. The number of ether oxygens (including phenoxy) is 1. The van der Waals surface area contributed by atoms with Crippen molar-refractivity contribution < 1.29 is 26.4 Å². The van der Waals surface area contributed by atoms with Crippen LogP contribution in [0, 0.1) is 50.4 Å². The summed E-state index contributed by atoms with van der Waals surface area (Å²) in [5.74, 6) is 5.65. The molecule has 4 aliphatic rings. The first-order chi connectivity index (χ1) is 17.7. The molecule has 0 bridgehead atoms. The number of anilines is 1. The van der Waals surface area contributed by atoms with E-state index in [1.54, 1.807) is 0 Å². The van der Waals surface area contributed by atoms with E-state index in [-0.39, 0.29) is 37.3 Å². The van der Waals surface area contributed by atoms with Crippen LogP contribution in [-0.4, -0.2) is 43.6 Å². The van der Waals surface area contributed by atoms with Gasteiger partial charge >= 0.3 is 17.1 Å². The van der Waals surface area contributed by atoms with Crippen LogP contribution >= 0.6 is 0 Å². The summed E-state index contributed by atoms with van der Waals surface area (Å²) in [5, 5.41) is 0. The van der Waals surface area contributed by atoms with E-state index in [4.69, 9.17) is 4.74 Å². The molecule has 2 heterocycles. The number of fused-ring (bicyclic) bond motifs is 1. The minimum Gasteiger partial charge on any atom is -0.368 e. The van der Waals surface area contributed by atoms with Gasteiger partial charge < -0.3 is 24.5 Å². The first kappa shape index (κ1) is 36.9. The molecule has 1 aromatic rings. The van der Waals surface area contributed by atoms with Gasteiger partial charge in [0.25, 0.3) is 0 Å². The van der Waals surface area contributed by atoms with Gasteiger partial charge in [0.15, 0.2) is 19.3 Å². The molecule has 0 atom stereocenters. The first-order valence-corrected chi connectivity index (χ1v) is 15.5. The second-order valence-corrected chi connectivity index (χ2v) is 13.2. The summed E-state index contributed by atoms with van der Waals surface area (Å²) < 4.78 is 7.89. The maximum absolute atomic E-state index is 5.49. The van der Waals surface area contributed by atoms with Crippen LogP contribution in [0.4, 0.5) is 5.69 Å². The molecule has 0 aromatic heterocycles. The molecule has 1 aromatic carbocycles. The van der Waals surface area contributed by atoms with Gasteiger partial charge in [-0.15, -0.1) is 0 Å². The average molecular weight is 594 g/mol. The summed E-state index contributed by atoms with van der Waals surface area (Å²) in [4.78, 5) is 2.60. The number of hydrogen-bond acceptors (Lipinski definition) is 2. The van der Waals surface area contributed by atoms with E-state index in [0.29, 0.717) is 0 Å². The summed E-state index contributed by atoms with van der Waals surface area (Å²) in [6.07, 6.45) is 13.2. The Hall–Kier alpha value is -1.09. The number of allylic oxidation sites excluding steroid dienone is 2. The van der Waals surface area contributed by atoms with E-state index in [1.807, 2.05) is 0 Å². The summed E-state index contributed by atoms with van der Waals surface area (Å²) >= 11 is 0. The van der Waals surface area contributed by atoms with Gasteiger partial charge in [0.2, 0.25) is 0 Å². The number of nitrogens with zero attached hydrogens (tertiary/aromatic N) is 2. The van der Waals surface area contributed by atoms with E-state index < -0.39 is 0 Å². The quantitative estimate of drug-likeness (QED) is 0.193. The molecule has 3 nitrogen and oxygen atoms in total. The van der Waals surface area contributed by atoms with Gasteiger partial charge in [-0.1, -0.05) is 92.3 Å². The molecule has 228 valence electrons. The van der Waals surface area contributed by atoms with E-state index >= 15 is 0 Å². The van der Waals surface area contributed by atoms with Crippen LogP contribution in [0.3, 0.4) is 0 Å². The number of benzene rings is 1. The molecule has 5 rings (SSSR count). The third kappa shape index (κ3) is 8.26. The monoisotopic (exact) mass is 593 g/mol. The first-order valence-electron chi connectivity index (χ1n) is 15.5. The number of morpholine rings is 1. The van der Waals surface area contributed by atoms with E-state index in [0.717, 1.165) is 68.4 Å². The number of rotatable bonds is 5. The smallest absolute Gasteiger partial charge is 0.368 e. The Labute approximate surface area is 259 Å². The van der Waals surface area contributed by atoms with Crippen LogP contribution in [-0.2, 0) is 27.2 Å². The van der Waals surface area contributed by atoms with E-state index in [2.05, 4.69) is 94.5 Å². The molecular weight excluding hydrogens is 532 g/mol.